The van der Waals surface area contributed by atoms with Crippen molar-refractivity contribution in [2.24, 2.45) is 0 Å². The maximum atomic E-state index is 12.3. The lowest BCUT2D eigenvalue weighted by Crippen LogP contribution is -2.14. The Hall–Kier alpha value is -2.00. The summed E-state index contributed by atoms with van der Waals surface area (Å²) in [6.45, 7) is 5.74. The first kappa shape index (κ1) is 14.4. The standard InChI is InChI=1S/C16H17ClN2O/c1-9-5-4-6-12(15(9)17)16(20)19-14-8-13(18)10(2)7-11(14)3/h4-8H,18H2,1-3H3,(H,19,20). The van der Waals surface area contributed by atoms with E-state index in [2.05, 4.69) is 5.32 Å². The topological polar surface area (TPSA) is 55.1 Å². The number of rotatable bonds is 2. The van der Waals surface area contributed by atoms with Crippen LogP contribution in [-0.4, -0.2) is 5.91 Å². The molecule has 4 heteroatoms. The number of anilines is 2. The zero-order valence-corrected chi connectivity index (χ0v) is 12.5. The van der Waals surface area contributed by atoms with Gasteiger partial charge in [-0.25, -0.2) is 0 Å². The lowest BCUT2D eigenvalue weighted by Gasteiger charge is -2.12. The van der Waals surface area contributed by atoms with E-state index in [9.17, 15) is 4.79 Å². The third-order valence-corrected chi connectivity index (χ3v) is 3.80. The molecule has 3 nitrogen and oxygen atoms in total. The summed E-state index contributed by atoms with van der Waals surface area (Å²) in [5, 5.41) is 3.33. The van der Waals surface area contributed by atoms with Crippen molar-refractivity contribution >= 4 is 28.9 Å². The fraction of sp³-hybridized carbons (Fsp3) is 0.188. The average molecular weight is 289 g/mol. The molecular formula is C16H17ClN2O. The SMILES string of the molecule is Cc1cc(C)c(NC(=O)c2cccc(C)c2Cl)cc1N. The van der Waals surface area contributed by atoms with Crippen molar-refractivity contribution in [1.82, 2.24) is 0 Å². The van der Waals surface area contributed by atoms with Crippen LogP contribution in [0.15, 0.2) is 30.3 Å². The van der Waals surface area contributed by atoms with E-state index < -0.39 is 0 Å². The molecule has 2 aromatic carbocycles. The van der Waals surface area contributed by atoms with Crippen molar-refractivity contribution in [3.8, 4) is 0 Å². The van der Waals surface area contributed by atoms with Gasteiger partial charge in [0.1, 0.15) is 0 Å². The molecule has 0 radical (unpaired) electrons. The predicted molar refractivity (Wildman–Crippen MR) is 84.5 cm³/mol. The second-order valence-electron chi connectivity index (χ2n) is 4.91. The summed E-state index contributed by atoms with van der Waals surface area (Å²) in [6, 6.07) is 9.10. The fourth-order valence-corrected chi connectivity index (χ4v) is 2.23. The summed E-state index contributed by atoms with van der Waals surface area (Å²) in [7, 11) is 0. The Morgan fingerprint density at radius 1 is 1.10 bits per heavy atom. The van der Waals surface area contributed by atoms with Gasteiger partial charge in [-0.1, -0.05) is 29.8 Å². The zero-order valence-electron chi connectivity index (χ0n) is 11.8. The molecule has 0 aliphatic rings. The summed E-state index contributed by atoms with van der Waals surface area (Å²) >= 11 is 6.17. The molecule has 2 rings (SSSR count). The number of hydrogen-bond donors (Lipinski definition) is 2. The van der Waals surface area contributed by atoms with Gasteiger partial charge < -0.3 is 11.1 Å². The number of halogens is 1. The minimum atomic E-state index is -0.231. The van der Waals surface area contributed by atoms with E-state index in [0.717, 1.165) is 16.7 Å². The molecule has 104 valence electrons. The average Bonchev–Trinajstić information content (AvgIpc) is 2.39. The molecule has 0 spiro atoms. The van der Waals surface area contributed by atoms with Crippen molar-refractivity contribution in [2.75, 3.05) is 11.1 Å². The third-order valence-electron chi connectivity index (χ3n) is 3.30. The van der Waals surface area contributed by atoms with Crippen LogP contribution in [0.4, 0.5) is 11.4 Å². The quantitative estimate of drug-likeness (QED) is 0.818. The molecule has 0 saturated heterocycles. The van der Waals surface area contributed by atoms with Gasteiger partial charge in [-0.05, 0) is 49.6 Å². The number of carbonyl (C=O) groups is 1. The summed E-state index contributed by atoms with van der Waals surface area (Å²) in [6.07, 6.45) is 0. The van der Waals surface area contributed by atoms with Crippen molar-refractivity contribution in [2.45, 2.75) is 20.8 Å². The normalized spacial score (nSPS) is 10.4. The molecule has 0 saturated carbocycles. The second-order valence-corrected chi connectivity index (χ2v) is 5.29. The Balaban J connectivity index is 2.33. The molecule has 20 heavy (non-hydrogen) atoms. The van der Waals surface area contributed by atoms with Crippen molar-refractivity contribution in [3.63, 3.8) is 0 Å². The highest BCUT2D eigenvalue weighted by Crippen LogP contribution is 2.25. The second kappa shape index (κ2) is 5.55. The van der Waals surface area contributed by atoms with E-state index in [1.54, 1.807) is 12.1 Å². The van der Waals surface area contributed by atoms with Gasteiger partial charge >= 0.3 is 0 Å². The highest BCUT2D eigenvalue weighted by molar-refractivity contribution is 6.35. The minimum Gasteiger partial charge on any atom is -0.398 e. The molecule has 0 heterocycles. The van der Waals surface area contributed by atoms with Gasteiger partial charge in [0.2, 0.25) is 0 Å². The molecule has 0 aromatic heterocycles. The van der Waals surface area contributed by atoms with Crippen LogP contribution >= 0.6 is 11.6 Å². The lowest BCUT2D eigenvalue weighted by atomic mass is 10.1. The van der Waals surface area contributed by atoms with Crippen LogP contribution in [0, 0.1) is 20.8 Å². The first-order chi connectivity index (χ1) is 9.40. The van der Waals surface area contributed by atoms with Gasteiger partial charge in [0, 0.05) is 11.4 Å². The van der Waals surface area contributed by atoms with Crippen LogP contribution in [0.3, 0.4) is 0 Å². The predicted octanol–water partition coefficient (Wildman–Crippen LogP) is 4.10. The Labute approximate surface area is 123 Å². The van der Waals surface area contributed by atoms with Crippen LogP contribution in [0.2, 0.25) is 5.02 Å². The first-order valence-corrected chi connectivity index (χ1v) is 6.71. The van der Waals surface area contributed by atoms with Crippen molar-refractivity contribution in [1.29, 1.82) is 0 Å². The van der Waals surface area contributed by atoms with Gasteiger partial charge in [-0.3, -0.25) is 4.79 Å². The molecule has 0 bridgehead atoms. The van der Waals surface area contributed by atoms with Crippen LogP contribution in [0.25, 0.3) is 0 Å². The van der Waals surface area contributed by atoms with E-state index in [1.165, 1.54) is 0 Å². The summed E-state index contributed by atoms with van der Waals surface area (Å²) in [5.41, 5.74) is 10.5. The Bertz CT molecular complexity index is 680. The van der Waals surface area contributed by atoms with Crippen molar-refractivity contribution in [3.05, 3.63) is 57.6 Å². The van der Waals surface area contributed by atoms with Gasteiger partial charge in [0.25, 0.3) is 5.91 Å². The Morgan fingerprint density at radius 3 is 2.50 bits per heavy atom. The highest BCUT2D eigenvalue weighted by Gasteiger charge is 2.13. The Morgan fingerprint density at radius 2 is 1.80 bits per heavy atom. The summed E-state index contributed by atoms with van der Waals surface area (Å²) in [4.78, 5) is 12.3. The van der Waals surface area contributed by atoms with E-state index in [4.69, 9.17) is 17.3 Å². The molecule has 0 aliphatic heterocycles. The monoisotopic (exact) mass is 288 g/mol. The van der Waals surface area contributed by atoms with Gasteiger partial charge in [0.05, 0.1) is 10.6 Å². The van der Waals surface area contributed by atoms with E-state index in [1.807, 2.05) is 39.0 Å². The van der Waals surface area contributed by atoms with E-state index in [0.29, 0.717) is 22.0 Å². The van der Waals surface area contributed by atoms with Crippen molar-refractivity contribution < 1.29 is 4.79 Å². The summed E-state index contributed by atoms with van der Waals surface area (Å²) < 4.78 is 0. The number of aryl methyl sites for hydroxylation is 3. The maximum Gasteiger partial charge on any atom is 0.257 e. The molecular weight excluding hydrogens is 272 g/mol. The van der Waals surface area contributed by atoms with E-state index >= 15 is 0 Å². The molecule has 0 unspecified atom stereocenters. The van der Waals surface area contributed by atoms with Crippen LogP contribution in [-0.2, 0) is 0 Å². The summed E-state index contributed by atoms with van der Waals surface area (Å²) in [5.74, 6) is -0.231. The van der Waals surface area contributed by atoms with Crippen LogP contribution < -0.4 is 11.1 Å². The Kier molecular flexibility index (Phi) is 4.00. The van der Waals surface area contributed by atoms with E-state index in [-0.39, 0.29) is 5.91 Å². The number of carbonyl (C=O) groups excluding carboxylic acids is 1. The molecule has 0 fully saturated rings. The number of nitrogen functional groups attached to an aromatic ring is 1. The number of amides is 1. The maximum absolute atomic E-state index is 12.3. The number of nitrogens with two attached hydrogens (primary N) is 1. The van der Waals surface area contributed by atoms with Crippen LogP contribution in [0.5, 0.6) is 0 Å². The number of nitrogens with one attached hydrogen (secondary N) is 1. The van der Waals surface area contributed by atoms with Gasteiger partial charge in [-0.2, -0.15) is 0 Å². The first-order valence-electron chi connectivity index (χ1n) is 6.33. The molecule has 1 amide bonds. The molecule has 3 N–H and O–H groups in total. The van der Waals surface area contributed by atoms with Crippen LogP contribution in [0.1, 0.15) is 27.0 Å². The minimum absolute atomic E-state index is 0.231. The van der Waals surface area contributed by atoms with Gasteiger partial charge in [0.15, 0.2) is 0 Å². The zero-order chi connectivity index (χ0) is 14.9. The molecule has 0 aliphatic carbocycles. The van der Waals surface area contributed by atoms with Gasteiger partial charge in [-0.15, -0.1) is 0 Å². The largest absolute Gasteiger partial charge is 0.398 e. The smallest absolute Gasteiger partial charge is 0.257 e. The lowest BCUT2D eigenvalue weighted by molar-refractivity contribution is 0.102. The third kappa shape index (κ3) is 2.78. The number of benzene rings is 2. The highest BCUT2D eigenvalue weighted by atomic mass is 35.5. The molecule has 0 atom stereocenters. The fourth-order valence-electron chi connectivity index (χ4n) is 2.02. The molecule has 2 aromatic rings. The number of hydrogen-bond acceptors (Lipinski definition) is 2.